The van der Waals surface area contributed by atoms with E-state index in [0.29, 0.717) is 0 Å². The van der Waals surface area contributed by atoms with Crippen molar-refractivity contribution in [3.63, 3.8) is 0 Å². The van der Waals surface area contributed by atoms with E-state index < -0.39 is 5.91 Å². The number of amides is 1. The van der Waals surface area contributed by atoms with E-state index in [9.17, 15) is 4.79 Å². The van der Waals surface area contributed by atoms with Crippen molar-refractivity contribution in [1.82, 2.24) is 15.4 Å². The van der Waals surface area contributed by atoms with E-state index in [1.165, 1.54) is 12.4 Å². The van der Waals surface area contributed by atoms with E-state index >= 15 is 0 Å². The van der Waals surface area contributed by atoms with Gasteiger partial charge in [-0.05, 0) is 5.22 Å². The molecule has 1 aromatic heterocycles. The van der Waals surface area contributed by atoms with Gasteiger partial charge in [-0.2, -0.15) is 0 Å². The van der Waals surface area contributed by atoms with Gasteiger partial charge >= 0.3 is 5.91 Å². The number of carbonyl (C=O) groups excluding carboxylic acids is 1. The molecule has 0 unspecified atom stereocenters. The zero-order valence-corrected chi connectivity index (χ0v) is 5.48. The Hall–Kier alpha value is -1.92. The van der Waals surface area contributed by atoms with Gasteiger partial charge in [0.05, 0.1) is 0 Å². The van der Waals surface area contributed by atoms with Crippen molar-refractivity contribution in [3.8, 4) is 0 Å². The Labute approximate surface area is 61.7 Å². The molecule has 4 N–H and O–H groups in total. The number of aromatic nitrogens is 2. The first kappa shape index (κ1) is 7.19. The van der Waals surface area contributed by atoms with Crippen LogP contribution in [0.4, 0.5) is 0 Å². The molecule has 7 heteroatoms. The molecule has 1 aromatic rings. The predicted octanol–water partition coefficient (Wildman–Crippen LogP) is -0.620. The van der Waals surface area contributed by atoms with Crippen molar-refractivity contribution < 1.29 is 4.79 Å². The molecule has 0 atom stereocenters. The molecule has 0 bridgehead atoms. The highest BCUT2D eigenvalue weighted by Crippen LogP contribution is 1.86. The van der Waals surface area contributed by atoms with Crippen LogP contribution in [0, 0.1) is 0 Å². The van der Waals surface area contributed by atoms with Crippen LogP contribution in [0.3, 0.4) is 0 Å². The highest BCUT2D eigenvalue weighted by molar-refractivity contribution is 5.89. The monoisotopic (exact) mass is 154 g/mol. The molecule has 1 amide bonds. The number of nitrogens with zero attached hydrogens (tertiary/aromatic N) is 3. The molecule has 0 aliphatic carbocycles. The predicted molar refractivity (Wildman–Crippen MR) is 35.1 cm³/mol. The molecule has 0 aliphatic heterocycles. The summed E-state index contributed by atoms with van der Waals surface area (Å²) in [5.41, 5.74) is 2.04. The Kier molecular flexibility index (Phi) is 2.16. The van der Waals surface area contributed by atoms with Crippen LogP contribution in [-0.2, 0) is 0 Å². The molecular weight excluding hydrogens is 148 g/mol. The molecule has 0 radical (unpaired) electrons. The molecule has 0 saturated heterocycles. The number of hydrogen-bond acceptors (Lipinski definition) is 4. The number of carbonyl (C=O) groups is 1. The largest absolute Gasteiger partial charge is 0.340 e. The SMILES string of the molecule is NN=NNC(=O)c1ncc[nH]1. The normalized spacial score (nSPS) is 10.2. The zero-order chi connectivity index (χ0) is 8.10. The van der Waals surface area contributed by atoms with Gasteiger partial charge in [-0.1, -0.05) is 5.22 Å². The Balaban J connectivity index is 2.56. The molecule has 11 heavy (non-hydrogen) atoms. The van der Waals surface area contributed by atoms with Crippen LogP contribution in [-0.4, -0.2) is 15.9 Å². The summed E-state index contributed by atoms with van der Waals surface area (Å²) in [4.78, 5) is 17.1. The molecule has 1 rings (SSSR count). The van der Waals surface area contributed by atoms with Crippen LogP contribution in [0.1, 0.15) is 10.6 Å². The number of H-pyrrole nitrogens is 1. The second-order valence-electron chi connectivity index (χ2n) is 1.59. The number of rotatable bonds is 2. The minimum absolute atomic E-state index is 0.164. The molecule has 0 fully saturated rings. The van der Waals surface area contributed by atoms with Crippen LogP contribution < -0.4 is 11.3 Å². The summed E-state index contributed by atoms with van der Waals surface area (Å²) in [6.07, 6.45) is 2.98. The average Bonchev–Trinajstić information content (AvgIpc) is 2.52. The molecule has 1 heterocycles. The molecular formula is C4H6N6O. The van der Waals surface area contributed by atoms with E-state index in [2.05, 4.69) is 26.3 Å². The minimum atomic E-state index is -0.482. The third kappa shape index (κ3) is 1.75. The topological polar surface area (TPSA) is 109 Å². The third-order valence-corrected chi connectivity index (χ3v) is 0.923. The van der Waals surface area contributed by atoms with Crippen molar-refractivity contribution in [2.24, 2.45) is 16.3 Å². The number of aromatic amines is 1. The number of nitrogens with one attached hydrogen (secondary N) is 2. The van der Waals surface area contributed by atoms with Crippen LogP contribution in [0.2, 0.25) is 0 Å². The standard InChI is InChI=1S/C4H6N6O/c5-9-10-8-4(11)3-6-1-2-7-3/h1-2H,(H2,5,10)(H,6,7)(H,8,9,11). The van der Waals surface area contributed by atoms with Crippen LogP contribution >= 0.6 is 0 Å². The van der Waals surface area contributed by atoms with Crippen molar-refractivity contribution in [2.45, 2.75) is 0 Å². The summed E-state index contributed by atoms with van der Waals surface area (Å²) in [6.45, 7) is 0. The van der Waals surface area contributed by atoms with Crippen molar-refractivity contribution in [3.05, 3.63) is 18.2 Å². The fourth-order valence-electron chi connectivity index (χ4n) is 0.517. The zero-order valence-electron chi connectivity index (χ0n) is 5.48. The lowest BCUT2D eigenvalue weighted by Crippen LogP contribution is -2.18. The van der Waals surface area contributed by atoms with E-state index in [0.717, 1.165) is 0 Å². The van der Waals surface area contributed by atoms with Gasteiger partial charge in [-0.25, -0.2) is 10.4 Å². The van der Waals surface area contributed by atoms with Crippen molar-refractivity contribution in [2.75, 3.05) is 0 Å². The van der Waals surface area contributed by atoms with Gasteiger partial charge < -0.3 is 10.8 Å². The highest BCUT2D eigenvalue weighted by Gasteiger charge is 2.04. The van der Waals surface area contributed by atoms with E-state index in [-0.39, 0.29) is 5.82 Å². The first-order valence-electron chi connectivity index (χ1n) is 2.74. The summed E-state index contributed by atoms with van der Waals surface area (Å²) in [5.74, 6) is 4.33. The maximum absolute atomic E-state index is 10.9. The first-order chi connectivity index (χ1) is 5.34. The number of nitrogens with two attached hydrogens (primary N) is 1. The van der Waals surface area contributed by atoms with E-state index in [4.69, 9.17) is 0 Å². The number of imidazole rings is 1. The summed E-state index contributed by atoms with van der Waals surface area (Å²) in [5, 5.41) is 5.91. The van der Waals surface area contributed by atoms with Gasteiger partial charge in [0.1, 0.15) is 0 Å². The van der Waals surface area contributed by atoms with Gasteiger partial charge in [0.2, 0.25) is 0 Å². The van der Waals surface area contributed by atoms with Crippen LogP contribution in [0.5, 0.6) is 0 Å². The Bertz CT molecular complexity index is 252. The Morgan fingerprint density at radius 1 is 1.82 bits per heavy atom. The average molecular weight is 154 g/mol. The van der Waals surface area contributed by atoms with Crippen molar-refractivity contribution in [1.29, 1.82) is 0 Å². The fraction of sp³-hybridized carbons (Fsp3) is 0. The quantitative estimate of drug-likeness (QED) is 0.300. The van der Waals surface area contributed by atoms with Gasteiger partial charge in [0.25, 0.3) is 0 Å². The van der Waals surface area contributed by atoms with E-state index in [1.807, 2.05) is 5.43 Å². The smallest absolute Gasteiger partial charge is 0.308 e. The fourth-order valence-corrected chi connectivity index (χ4v) is 0.517. The van der Waals surface area contributed by atoms with Crippen LogP contribution in [0.25, 0.3) is 0 Å². The minimum Gasteiger partial charge on any atom is -0.340 e. The molecule has 7 nitrogen and oxygen atoms in total. The highest BCUT2D eigenvalue weighted by atomic mass is 16.2. The summed E-state index contributed by atoms with van der Waals surface area (Å²) in [7, 11) is 0. The Morgan fingerprint density at radius 2 is 2.64 bits per heavy atom. The van der Waals surface area contributed by atoms with Gasteiger partial charge in [-0.3, -0.25) is 4.79 Å². The molecule has 0 spiro atoms. The maximum Gasteiger partial charge on any atom is 0.308 e. The van der Waals surface area contributed by atoms with Gasteiger partial charge in [0.15, 0.2) is 5.82 Å². The maximum atomic E-state index is 10.9. The van der Waals surface area contributed by atoms with Gasteiger partial charge in [0, 0.05) is 12.4 Å². The summed E-state index contributed by atoms with van der Waals surface area (Å²) >= 11 is 0. The molecule has 0 aliphatic rings. The van der Waals surface area contributed by atoms with E-state index in [1.54, 1.807) is 0 Å². The lowest BCUT2D eigenvalue weighted by Gasteiger charge is -1.90. The lowest BCUT2D eigenvalue weighted by molar-refractivity contribution is 0.0942. The van der Waals surface area contributed by atoms with Gasteiger partial charge in [-0.15, -0.1) is 0 Å². The molecule has 0 aromatic carbocycles. The van der Waals surface area contributed by atoms with Crippen LogP contribution in [0.15, 0.2) is 22.8 Å². The lowest BCUT2D eigenvalue weighted by atomic mass is 10.6. The first-order valence-corrected chi connectivity index (χ1v) is 2.74. The molecule has 58 valence electrons. The third-order valence-electron chi connectivity index (χ3n) is 0.923. The number of hydrogen-bond donors (Lipinski definition) is 3. The summed E-state index contributed by atoms with van der Waals surface area (Å²) < 4.78 is 0. The van der Waals surface area contributed by atoms with Crippen molar-refractivity contribution >= 4 is 5.91 Å². The second kappa shape index (κ2) is 3.30. The second-order valence-corrected chi connectivity index (χ2v) is 1.59. The molecule has 0 saturated carbocycles. The Morgan fingerprint density at radius 3 is 3.18 bits per heavy atom. The summed E-state index contributed by atoms with van der Waals surface area (Å²) in [6, 6.07) is 0.